The van der Waals surface area contributed by atoms with Crippen molar-refractivity contribution in [3.8, 4) is 0 Å². The first kappa shape index (κ1) is 9.37. The van der Waals surface area contributed by atoms with E-state index in [4.69, 9.17) is 0 Å². The van der Waals surface area contributed by atoms with Crippen molar-refractivity contribution >= 4 is 0 Å². The zero-order chi connectivity index (χ0) is 10.1. The molecule has 0 aromatic heterocycles. The van der Waals surface area contributed by atoms with Crippen LogP contribution in [0.1, 0.15) is 36.4 Å². The van der Waals surface area contributed by atoms with Gasteiger partial charge in [-0.15, -0.1) is 0 Å². The van der Waals surface area contributed by atoms with Gasteiger partial charge in [0, 0.05) is 6.04 Å². The van der Waals surface area contributed by atoms with E-state index in [0.717, 1.165) is 0 Å². The number of rotatable bonds is 2. The molecule has 0 saturated carbocycles. The van der Waals surface area contributed by atoms with Crippen LogP contribution >= 0.6 is 0 Å². The lowest BCUT2D eigenvalue weighted by molar-refractivity contribution is 0.410. The number of hydrogen-bond donors (Lipinski definition) is 2. The third-order valence-electron chi connectivity index (χ3n) is 3.60. The zero-order valence-corrected chi connectivity index (χ0v) is 9.00. The third-order valence-corrected chi connectivity index (χ3v) is 3.60. The molecule has 15 heavy (non-hydrogen) atoms. The van der Waals surface area contributed by atoms with Gasteiger partial charge in [-0.3, -0.25) is 5.32 Å². The number of benzene rings is 1. The van der Waals surface area contributed by atoms with Crippen LogP contribution in [0.15, 0.2) is 24.3 Å². The summed E-state index contributed by atoms with van der Waals surface area (Å²) in [5.74, 6) is 0. The molecule has 80 valence electrons. The van der Waals surface area contributed by atoms with Crippen LogP contribution < -0.4 is 10.6 Å². The summed E-state index contributed by atoms with van der Waals surface area (Å²) < 4.78 is 0. The zero-order valence-electron chi connectivity index (χ0n) is 9.00. The van der Waals surface area contributed by atoms with Crippen LogP contribution in [-0.2, 0) is 6.42 Å². The predicted octanol–water partition coefficient (Wildman–Crippen LogP) is 1.97. The summed E-state index contributed by atoms with van der Waals surface area (Å²) in [5.41, 5.74) is 3.05. The highest BCUT2D eigenvalue weighted by Crippen LogP contribution is 2.31. The van der Waals surface area contributed by atoms with E-state index < -0.39 is 0 Å². The van der Waals surface area contributed by atoms with Crippen LogP contribution in [-0.4, -0.2) is 12.7 Å². The molecule has 1 aromatic rings. The number of hydrogen-bond acceptors (Lipinski definition) is 2. The molecule has 2 heteroatoms. The van der Waals surface area contributed by atoms with Crippen molar-refractivity contribution in [3.05, 3.63) is 35.4 Å². The van der Waals surface area contributed by atoms with Crippen LogP contribution in [0.2, 0.25) is 0 Å². The summed E-state index contributed by atoms with van der Waals surface area (Å²) in [6.45, 7) is 1.17. The first-order valence-corrected chi connectivity index (χ1v) is 6.01. The van der Waals surface area contributed by atoms with Crippen molar-refractivity contribution in [2.24, 2.45) is 0 Å². The van der Waals surface area contributed by atoms with E-state index in [2.05, 4.69) is 34.9 Å². The third kappa shape index (κ3) is 1.80. The highest BCUT2D eigenvalue weighted by molar-refractivity contribution is 5.34. The molecule has 2 unspecified atom stereocenters. The Morgan fingerprint density at radius 3 is 3.00 bits per heavy atom. The molecule has 3 rings (SSSR count). The fourth-order valence-corrected chi connectivity index (χ4v) is 2.80. The second kappa shape index (κ2) is 3.95. The van der Waals surface area contributed by atoms with E-state index in [1.807, 2.05) is 0 Å². The van der Waals surface area contributed by atoms with Crippen LogP contribution in [0.3, 0.4) is 0 Å². The predicted molar refractivity (Wildman–Crippen MR) is 61.7 cm³/mol. The number of fused-ring (bicyclic) bond motifs is 1. The molecule has 0 radical (unpaired) electrons. The van der Waals surface area contributed by atoms with Gasteiger partial charge in [0.1, 0.15) is 0 Å². The lowest BCUT2D eigenvalue weighted by Gasteiger charge is -2.19. The average molecular weight is 202 g/mol. The largest absolute Gasteiger partial charge is 0.302 e. The Labute approximate surface area is 91.1 Å². The molecule has 2 N–H and O–H groups in total. The standard InChI is InChI=1S/C13H18N2/c1-2-5-11-10(4-1)7-8-12(11)15-13-6-3-9-14-13/h1-2,4-5,12-15H,3,6-9H2. The fraction of sp³-hybridized carbons (Fsp3) is 0.538. The van der Waals surface area contributed by atoms with Gasteiger partial charge in [-0.25, -0.2) is 0 Å². The van der Waals surface area contributed by atoms with E-state index in [9.17, 15) is 0 Å². The summed E-state index contributed by atoms with van der Waals surface area (Å²) >= 11 is 0. The quantitative estimate of drug-likeness (QED) is 0.766. The maximum Gasteiger partial charge on any atom is 0.0576 e. The lowest BCUT2D eigenvalue weighted by Crippen LogP contribution is -2.39. The molecule has 1 saturated heterocycles. The molecule has 1 heterocycles. The normalized spacial score (nSPS) is 29.3. The number of aryl methyl sites for hydroxylation is 1. The van der Waals surface area contributed by atoms with E-state index in [-0.39, 0.29) is 0 Å². The molecule has 0 amide bonds. The van der Waals surface area contributed by atoms with Gasteiger partial charge in [-0.05, 0) is 43.4 Å². The van der Waals surface area contributed by atoms with Crippen LogP contribution in [0.4, 0.5) is 0 Å². The van der Waals surface area contributed by atoms with Gasteiger partial charge in [0.25, 0.3) is 0 Å². The molecule has 1 aliphatic heterocycles. The molecule has 0 bridgehead atoms. The van der Waals surface area contributed by atoms with Crippen molar-refractivity contribution in [2.75, 3.05) is 6.54 Å². The van der Waals surface area contributed by atoms with Gasteiger partial charge >= 0.3 is 0 Å². The van der Waals surface area contributed by atoms with Gasteiger partial charge in [0.2, 0.25) is 0 Å². The van der Waals surface area contributed by atoms with Crippen molar-refractivity contribution in [1.29, 1.82) is 0 Å². The molecule has 0 spiro atoms. The summed E-state index contributed by atoms with van der Waals surface area (Å²) in [6, 6.07) is 9.42. The van der Waals surface area contributed by atoms with Crippen molar-refractivity contribution in [1.82, 2.24) is 10.6 Å². The highest BCUT2D eigenvalue weighted by atomic mass is 15.2. The van der Waals surface area contributed by atoms with Crippen LogP contribution in [0, 0.1) is 0 Å². The topological polar surface area (TPSA) is 24.1 Å². The second-order valence-electron chi connectivity index (χ2n) is 4.61. The minimum absolute atomic E-state index is 0.543. The Kier molecular flexibility index (Phi) is 2.47. The highest BCUT2D eigenvalue weighted by Gasteiger charge is 2.25. The Morgan fingerprint density at radius 1 is 1.20 bits per heavy atom. The Bertz CT molecular complexity index is 342. The number of nitrogens with one attached hydrogen (secondary N) is 2. The molecule has 2 aliphatic rings. The van der Waals surface area contributed by atoms with Crippen molar-refractivity contribution < 1.29 is 0 Å². The van der Waals surface area contributed by atoms with E-state index in [1.165, 1.54) is 43.4 Å². The summed E-state index contributed by atoms with van der Waals surface area (Å²) in [4.78, 5) is 0. The Balaban J connectivity index is 1.73. The summed E-state index contributed by atoms with van der Waals surface area (Å²) in [6.07, 6.45) is 5.63. The van der Waals surface area contributed by atoms with E-state index in [1.54, 1.807) is 0 Å². The van der Waals surface area contributed by atoms with Crippen molar-refractivity contribution in [2.45, 2.75) is 37.9 Å². The molecular formula is C13H18N2. The van der Waals surface area contributed by atoms with Gasteiger partial charge in [-0.2, -0.15) is 0 Å². The Morgan fingerprint density at radius 2 is 2.13 bits per heavy atom. The molecular weight excluding hydrogens is 184 g/mol. The van der Waals surface area contributed by atoms with Crippen LogP contribution in [0.5, 0.6) is 0 Å². The van der Waals surface area contributed by atoms with Gasteiger partial charge < -0.3 is 5.32 Å². The van der Waals surface area contributed by atoms with E-state index >= 15 is 0 Å². The van der Waals surface area contributed by atoms with Gasteiger partial charge in [0.05, 0.1) is 6.17 Å². The SMILES string of the molecule is c1ccc2c(c1)CCC2NC1CCCN1. The van der Waals surface area contributed by atoms with Crippen molar-refractivity contribution in [3.63, 3.8) is 0 Å². The minimum Gasteiger partial charge on any atom is -0.302 e. The van der Waals surface area contributed by atoms with Crippen LogP contribution in [0.25, 0.3) is 0 Å². The summed E-state index contributed by atoms with van der Waals surface area (Å²) in [7, 11) is 0. The summed E-state index contributed by atoms with van der Waals surface area (Å²) in [5, 5.41) is 7.23. The molecule has 1 fully saturated rings. The average Bonchev–Trinajstić information content (AvgIpc) is 2.89. The van der Waals surface area contributed by atoms with Gasteiger partial charge in [-0.1, -0.05) is 24.3 Å². The molecule has 2 nitrogen and oxygen atoms in total. The second-order valence-corrected chi connectivity index (χ2v) is 4.61. The minimum atomic E-state index is 0.543. The first-order chi connectivity index (χ1) is 7.43. The monoisotopic (exact) mass is 202 g/mol. The maximum atomic E-state index is 3.72. The Hall–Kier alpha value is -0.860. The maximum absolute atomic E-state index is 3.72. The molecule has 1 aliphatic carbocycles. The van der Waals surface area contributed by atoms with Gasteiger partial charge in [0.15, 0.2) is 0 Å². The van der Waals surface area contributed by atoms with E-state index in [0.29, 0.717) is 12.2 Å². The lowest BCUT2D eigenvalue weighted by atomic mass is 10.1. The molecule has 2 atom stereocenters. The first-order valence-electron chi connectivity index (χ1n) is 6.01. The smallest absolute Gasteiger partial charge is 0.0576 e. The molecule has 1 aromatic carbocycles. The fourth-order valence-electron chi connectivity index (χ4n) is 2.80.